The van der Waals surface area contributed by atoms with Crippen LogP contribution in [0.2, 0.25) is 0 Å². The van der Waals surface area contributed by atoms with Gasteiger partial charge in [-0.3, -0.25) is 10.1 Å². The van der Waals surface area contributed by atoms with Crippen molar-refractivity contribution in [1.82, 2.24) is 0 Å². The first kappa shape index (κ1) is 15.0. The van der Waals surface area contributed by atoms with E-state index in [1.54, 1.807) is 13.0 Å². The van der Waals surface area contributed by atoms with Crippen LogP contribution in [0, 0.1) is 17.0 Å². The number of anilines is 1. The van der Waals surface area contributed by atoms with Crippen LogP contribution in [0.3, 0.4) is 0 Å². The van der Waals surface area contributed by atoms with E-state index in [4.69, 9.17) is 0 Å². The smallest absolute Gasteiger partial charge is 0.272 e. The van der Waals surface area contributed by atoms with Gasteiger partial charge in [-0.25, -0.2) is 0 Å². The van der Waals surface area contributed by atoms with E-state index in [1.807, 2.05) is 24.3 Å². The fourth-order valence-corrected chi connectivity index (χ4v) is 2.63. The Hall–Kier alpha value is -1.40. The van der Waals surface area contributed by atoms with Gasteiger partial charge in [0, 0.05) is 32.8 Å². The van der Waals surface area contributed by atoms with Crippen molar-refractivity contribution >= 4 is 43.2 Å². The molecular weight excluding hydrogens is 388 g/mol. The maximum atomic E-state index is 10.9. The van der Waals surface area contributed by atoms with Crippen LogP contribution in [-0.4, -0.2) is 4.92 Å². The lowest BCUT2D eigenvalue weighted by atomic mass is 10.1. The number of hydrogen-bond donors (Lipinski definition) is 1. The van der Waals surface area contributed by atoms with Crippen molar-refractivity contribution in [3.63, 3.8) is 0 Å². The Morgan fingerprint density at radius 2 is 2.00 bits per heavy atom. The average Bonchev–Trinajstić information content (AvgIpc) is 2.41. The van der Waals surface area contributed by atoms with Crippen molar-refractivity contribution in [3.05, 3.63) is 66.6 Å². The third kappa shape index (κ3) is 3.37. The highest BCUT2D eigenvalue weighted by Crippen LogP contribution is 2.27. The summed E-state index contributed by atoms with van der Waals surface area (Å²) in [6.07, 6.45) is 0. The normalized spacial score (nSPS) is 10.3. The first-order valence-electron chi connectivity index (χ1n) is 5.91. The minimum atomic E-state index is -0.353. The third-order valence-corrected chi connectivity index (χ3v) is 4.20. The molecule has 0 atom stereocenters. The number of nitro benzene ring substituents is 1. The quantitative estimate of drug-likeness (QED) is 0.578. The van der Waals surface area contributed by atoms with E-state index in [0.717, 1.165) is 20.2 Å². The molecule has 0 fully saturated rings. The summed E-state index contributed by atoms with van der Waals surface area (Å²) in [7, 11) is 0. The molecule has 0 heterocycles. The van der Waals surface area contributed by atoms with E-state index in [1.165, 1.54) is 6.07 Å². The zero-order valence-electron chi connectivity index (χ0n) is 10.7. The largest absolute Gasteiger partial charge is 0.380 e. The molecule has 104 valence electrons. The zero-order chi connectivity index (χ0) is 14.7. The highest BCUT2D eigenvalue weighted by Gasteiger charge is 2.13. The van der Waals surface area contributed by atoms with Gasteiger partial charge >= 0.3 is 0 Å². The van der Waals surface area contributed by atoms with E-state index in [0.29, 0.717) is 12.1 Å². The molecule has 0 saturated heterocycles. The summed E-state index contributed by atoms with van der Waals surface area (Å²) in [5, 5.41) is 14.2. The Labute approximate surface area is 133 Å². The van der Waals surface area contributed by atoms with Gasteiger partial charge in [0.25, 0.3) is 5.69 Å². The minimum absolute atomic E-state index is 0.151. The van der Waals surface area contributed by atoms with Crippen molar-refractivity contribution < 1.29 is 4.92 Å². The van der Waals surface area contributed by atoms with Crippen LogP contribution in [0.15, 0.2) is 45.3 Å². The van der Waals surface area contributed by atoms with Crippen LogP contribution < -0.4 is 5.32 Å². The Kier molecular flexibility index (Phi) is 4.77. The maximum Gasteiger partial charge on any atom is 0.272 e. The first-order chi connectivity index (χ1) is 9.49. The molecule has 0 spiro atoms. The van der Waals surface area contributed by atoms with Crippen molar-refractivity contribution in [2.24, 2.45) is 0 Å². The van der Waals surface area contributed by atoms with Gasteiger partial charge in [-0.1, -0.05) is 28.1 Å². The van der Waals surface area contributed by atoms with Crippen LogP contribution >= 0.6 is 31.9 Å². The Bertz CT molecular complexity index is 660. The number of nitro groups is 1. The molecule has 0 aromatic heterocycles. The second kappa shape index (κ2) is 6.37. The fourth-order valence-electron chi connectivity index (χ4n) is 1.88. The molecule has 0 aliphatic rings. The van der Waals surface area contributed by atoms with E-state index < -0.39 is 0 Å². The van der Waals surface area contributed by atoms with Gasteiger partial charge < -0.3 is 5.32 Å². The summed E-state index contributed by atoms with van der Waals surface area (Å²) in [6, 6.07) is 10.9. The molecule has 6 heteroatoms. The lowest BCUT2D eigenvalue weighted by molar-refractivity contribution is -0.385. The first-order valence-corrected chi connectivity index (χ1v) is 7.49. The van der Waals surface area contributed by atoms with Gasteiger partial charge in [-0.05, 0) is 46.6 Å². The van der Waals surface area contributed by atoms with Crippen molar-refractivity contribution in [3.8, 4) is 0 Å². The molecule has 0 saturated carbocycles. The number of benzene rings is 2. The van der Waals surface area contributed by atoms with E-state index in [2.05, 4.69) is 37.2 Å². The highest BCUT2D eigenvalue weighted by molar-refractivity contribution is 9.11. The molecular formula is C14H12Br2N2O2. The third-order valence-electron chi connectivity index (χ3n) is 3.01. The Morgan fingerprint density at radius 3 is 2.70 bits per heavy atom. The second-order valence-electron chi connectivity index (χ2n) is 4.30. The molecule has 0 unspecified atom stereocenters. The molecule has 4 nitrogen and oxygen atoms in total. The Balaban J connectivity index is 2.21. The van der Waals surface area contributed by atoms with Gasteiger partial charge in [0.15, 0.2) is 0 Å². The van der Waals surface area contributed by atoms with E-state index in [9.17, 15) is 10.1 Å². The van der Waals surface area contributed by atoms with Crippen molar-refractivity contribution in [2.75, 3.05) is 5.32 Å². The molecule has 0 radical (unpaired) electrons. The summed E-state index contributed by atoms with van der Waals surface area (Å²) in [5.74, 6) is 0. The predicted octanol–water partition coefficient (Wildman–Crippen LogP) is 5.04. The molecule has 2 aromatic rings. The molecule has 0 bridgehead atoms. The molecule has 0 aliphatic carbocycles. The molecule has 2 rings (SSSR count). The SMILES string of the molecule is Cc1c(CNc2cc(Br)ccc2Br)cccc1[N+](=O)[O-]. The number of nitrogens with one attached hydrogen (secondary N) is 1. The monoisotopic (exact) mass is 398 g/mol. The Morgan fingerprint density at radius 1 is 1.25 bits per heavy atom. The van der Waals surface area contributed by atoms with Gasteiger partial charge in [0.05, 0.1) is 4.92 Å². The summed E-state index contributed by atoms with van der Waals surface area (Å²) in [4.78, 5) is 10.6. The van der Waals surface area contributed by atoms with Crippen LogP contribution in [-0.2, 0) is 6.54 Å². The van der Waals surface area contributed by atoms with Gasteiger partial charge in [-0.15, -0.1) is 0 Å². The number of rotatable bonds is 4. The summed E-state index contributed by atoms with van der Waals surface area (Å²) in [6.45, 7) is 2.30. The van der Waals surface area contributed by atoms with E-state index in [-0.39, 0.29) is 10.6 Å². The molecule has 1 N–H and O–H groups in total. The van der Waals surface area contributed by atoms with E-state index >= 15 is 0 Å². The fraction of sp³-hybridized carbons (Fsp3) is 0.143. The molecule has 20 heavy (non-hydrogen) atoms. The summed E-state index contributed by atoms with van der Waals surface area (Å²) >= 11 is 6.89. The van der Waals surface area contributed by atoms with Gasteiger partial charge in [0.1, 0.15) is 0 Å². The van der Waals surface area contributed by atoms with Gasteiger partial charge in [0.2, 0.25) is 0 Å². The number of halogens is 2. The van der Waals surface area contributed by atoms with Crippen LogP contribution in [0.5, 0.6) is 0 Å². The minimum Gasteiger partial charge on any atom is -0.380 e. The average molecular weight is 400 g/mol. The topological polar surface area (TPSA) is 55.2 Å². The lowest BCUT2D eigenvalue weighted by Gasteiger charge is -2.11. The van der Waals surface area contributed by atoms with Crippen LogP contribution in [0.4, 0.5) is 11.4 Å². The van der Waals surface area contributed by atoms with Crippen molar-refractivity contribution in [1.29, 1.82) is 0 Å². The lowest BCUT2D eigenvalue weighted by Crippen LogP contribution is -2.03. The molecule has 0 aliphatic heterocycles. The van der Waals surface area contributed by atoms with Gasteiger partial charge in [-0.2, -0.15) is 0 Å². The predicted molar refractivity (Wildman–Crippen MR) is 87.0 cm³/mol. The number of hydrogen-bond acceptors (Lipinski definition) is 3. The highest BCUT2D eigenvalue weighted by atomic mass is 79.9. The molecule has 2 aromatic carbocycles. The maximum absolute atomic E-state index is 10.9. The zero-order valence-corrected chi connectivity index (χ0v) is 13.9. The second-order valence-corrected chi connectivity index (χ2v) is 6.07. The van der Waals surface area contributed by atoms with Crippen LogP contribution in [0.1, 0.15) is 11.1 Å². The summed E-state index contributed by atoms with van der Waals surface area (Å²) in [5.41, 5.74) is 2.69. The number of nitrogens with zero attached hydrogens (tertiary/aromatic N) is 1. The van der Waals surface area contributed by atoms with Crippen molar-refractivity contribution in [2.45, 2.75) is 13.5 Å². The van der Waals surface area contributed by atoms with Crippen LogP contribution in [0.25, 0.3) is 0 Å². The standard InChI is InChI=1S/C14H12Br2N2O2/c1-9-10(3-2-4-14(9)18(19)20)8-17-13-7-11(15)5-6-12(13)16/h2-7,17H,8H2,1H3. The molecule has 0 amide bonds. The summed E-state index contributed by atoms with van der Waals surface area (Å²) < 4.78 is 1.92.